The van der Waals surface area contributed by atoms with Crippen molar-refractivity contribution in [1.82, 2.24) is 4.90 Å². The van der Waals surface area contributed by atoms with Gasteiger partial charge in [-0.1, -0.05) is 32.2 Å². The zero-order chi connectivity index (χ0) is 8.59. The van der Waals surface area contributed by atoms with Crippen LogP contribution in [0.25, 0.3) is 0 Å². The third-order valence-corrected chi connectivity index (χ3v) is 3.48. The van der Waals surface area contributed by atoms with E-state index in [2.05, 4.69) is 39.3 Å². The number of allylic oxidation sites excluding steroid dienone is 2. The monoisotopic (exact) mass is 169 g/mol. The van der Waals surface area contributed by atoms with Crippen LogP contribution in [0.1, 0.15) is 20.8 Å². The molecular formula is C9H15NS. The number of rotatable bonds is 1. The fourth-order valence-corrected chi connectivity index (χ4v) is 2.21. The van der Waals surface area contributed by atoms with Gasteiger partial charge in [0.1, 0.15) is 0 Å². The first-order chi connectivity index (χ1) is 5.04. The SMILES string of the molecule is C=C1SC(C(C)C)=C(C)N1C. The number of hydrogen-bond acceptors (Lipinski definition) is 2. The minimum atomic E-state index is 0.627. The quantitative estimate of drug-likeness (QED) is 0.593. The predicted molar refractivity (Wildman–Crippen MR) is 52.0 cm³/mol. The van der Waals surface area contributed by atoms with Crippen molar-refractivity contribution in [2.75, 3.05) is 7.05 Å². The largest absolute Gasteiger partial charge is 0.343 e. The first-order valence-corrected chi connectivity index (χ1v) is 4.67. The molecule has 1 aliphatic rings. The fraction of sp³-hybridized carbons (Fsp3) is 0.556. The van der Waals surface area contributed by atoms with E-state index in [4.69, 9.17) is 0 Å². The fourth-order valence-electron chi connectivity index (χ4n) is 1.16. The lowest BCUT2D eigenvalue weighted by atomic mass is 10.2. The third kappa shape index (κ3) is 1.45. The highest BCUT2D eigenvalue weighted by Gasteiger charge is 2.21. The summed E-state index contributed by atoms with van der Waals surface area (Å²) in [6.45, 7) is 10.6. The Morgan fingerprint density at radius 3 is 2.18 bits per heavy atom. The van der Waals surface area contributed by atoms with Crippen LogP contribution in [0.2, 0.25) is 0 Å². The minimum Gasteiger partial charge on any atom is -0.343 e. The lowest BCUT2D eigenvalue weighted by Crippen LogP contribution is -2.07. The van der Waals surface area contributed by atoms with E-state index in [1.54, 1.807) is 11.8 Å². The summed E-state index contributed by atoms with van der Waals surface area (Å²) in [5.41, 5.74) is 1.36. The highest BCUT2D eigenvalue weighted by atomic mass is 32.2. The first kappa shape index (κ1) is 8.72. The minimum absolute atomic E-state index is 0.627. The van der Waals surface area contributed by atoms with Crippen LogP contribution >= 0.6 is 11.8 Å². The van der Waals surface area contributed by atoms with Gasteiger partial charge < -0.3 is 4.90 Å². The summed E-state index contributed by atoms with van der Waals surface area (Å²) in [5, 5.41) is 1.14. The molecule has 0 unspecified atom stereocenters. The average molecular weight is 169 g/mol. The first-order valence-electron chi connectivity index (χ1n) is 3.85. The summed E-state index contributed by atoms with van der Waals surface area (Å²) in [4.78, 5) is 3.61. The Balaban J connectivity index is 2.89. The maximum atomic E-state index is 3.97. The van der Waals surface area contributed by atoms with Crippen molar-refractivity contribution in [2.24, 2.45) is 5.92 Å². The van der Waals surface area contributed by atoms with Gasteiger partial charge in [-0.25, -0.2) is 0 Å². The van der Waals surface area contributed by atoms with Crippen molar-refractivity contribution in [1.29, 1.82) is 0 Å². The Hall–Kier alpha value is -0.370. The van der Waals surface area contributed by atoms with Crippen molar-refractivity contribution in [3.63, 3.8) is 0 Å². The molecule has 0 spiro atoms. The molecule has 62 valence electrons. The maximum absolute atomic E-state index is 3.97. The van der Waals surface area contributed by atoms with E-state index in [-0.39, 0.29) is 0 Å². The second kappa shape index (κ2) is 2.94. The Labute approximate surface area is 73.2 Å². The van der Waals surface area contributed by atoms with E-state index in [0.717, 1.165) is 5.03 Å². The summed E-state index contributed by atoms with van der Waals surface area (Å²) in [6, 6.07) is 0. The Morgan fingerprint density at radius 2 is 2.00 bits per heavy atom. The summed E-state index contributed by atoms with van der Waals surface area (Å²) >= 11 is 1.80. The van der Waals surface area contributed by atoms with Crippen LogP contribution in [0, 0.1) is 5.92 Å². The lowest BCUT2D eigenvalue weighted by Gasteiger charge is -2.12. The van der Waals surface area contributed by atoms with E-state index < -0.39 is 0 Å². The molecule has 1 aliphatic heterocycles. The summed E-state index contributed by atoms with van der Waals surface area (Å²) < 4.78 is 0. The average Bonchev–Trinajstić information content (AvgIpc) is 2.17. The summed E-state index contributed by atoms with van der Waals surface area (Å²) in [7, 11) is 2.07. The van der Waals surface area contributed by atoms with Crippen LogP contribution in [0.4, 0.5) is 0 Å². The normalized spacial score (nSPS) is 19.0. The van der Waals surface area contributed by atoms with Gasteiger partial charge in [-0.3, -0.25) is 0 Å². The molecule has 1 heterocycles. The molecule has 0 N–H and O–H groups in total. The van der Waals surface area contributed by atoms with Gasteiger partial charge in [0, 0.05) is 17.6 Å². The maximum Gasteiger partial charge on any atom is 0.0719 e. The molecule has 0 aromatic rings. The molecular weight excluding hydrogens is 154 g/mol. The molecule has 0 atom stereocenters. The van der Waals surface area contributed by atoms with Gasteiger partial charge in [0.25, 0.3) is 0 Å². The molecule has 1 rings (SSSR count). The van der Waals surface area contributed by atoms with Crippen molar-refractivity contribution in [3.05, 3.63) is 22.2 Å². The zero-order valence-corrected chi connectivity index (χ0v) is 8.46. The molecule has 11 heavy (non-hydrogen) atoms. The second-order valence-corrected chi connectivity index (χ2v) is 4.27. The van der Waals surface area contributed by atoms with E-state index in [0.29, 0.717) is 5.92 Å². The predicted octanol–water partition coefficient (Wildman–Crippen LogP) is 3.02. The molecule has 0 bridgehead atoms. The van der Waals surface area contributed by atoms with Gasteiger partial charge in [-0.15, -0.1) is 0 Å². The van der Waals surface area contributed by atoms with Crippen LogP contribution in [0.3, 0.4) is 0 Å². The van der Waals surface area contributed by atoms with E-state index in [1.807, 2.05) is 0 Å². The third-order valence-electron chi connectivity index (χ3n) is 1.99. The van der Waals surface area contributed by atoms with E-state index in [9.17, 15) is 0 Å². The number of hydrogen-bond donors (Lipinski definition) is 0. The molecule has 0 saturated carbocycles. The number of thioether (sulfide) groups is 1. The molecule has 0 saturated heterocycles. The van der Waals surface area contributed by atoms with Crippen LogP contribution < -0.4 is 0 Å². The van der Waals surface area contributed by atoms with E-state index >= 15 is 0 Å². The van der Waals surface area contributed by atoms with Crippen molar-refractivity contribution >= 4 is 11.8 Å². The molecule has 2 heteroatoms. The van der Waals surface area contributed by atoms with Crippen molar-refractivity contribution < 1.29 is 0 Å². The van der Waals surface area contributed by atoms with Crippen LogP contribution in [0.15, 0.2) is 22.2 Å². The highest BCUT2D eigenvalue weighted by molar-refractivity contribution is 8.06. The molecule has 0 aromatic carbocycles. The Bertz CT molecular complexity index is 216. The zero-order valence-electron chi connectivity index (χ0n) is 7.64. The van der Waals surface area contributed by atoms with Crippen molar-refractivity contribution in [2.45, 2.75) is 20.8 Å². The van der Waals surface area contributed by atoms with Gasteiger partial charge in [0.05, 0.1) is 5.03 Å². The molecule has 0 radical (unpaired) electrons. The van der Waals surface area contributed by atoms with Gasteiger partial charge in [0.15, 0.2) is 0 Å². The van der Waals surface area contributed by atoms with Gasteiger partial charge >= 0.3 is 0 Å². The Morgan fingerprint density at radius 1 is 1.45 bits per heavy atom. The molecule has 1 nitrogen and oxygen atoms in total. The highest BCUT2D eigenvalue weighted by Crippen LogP contribution is 2.42. The smallest absolute Gasteiger partial charge is 0.0719 e. The van der Waals surface area contributed by atoms with Gasteiger partial charge in [-0.05, 0) is 12.8 Å². The van der Waals surface area contributed by atoms with Crippen molar-refractivity contribution in [3.8, 4) is 0 Å². The summed E-state index contributed by atoms with van der Waals surface area (Å²) in [6.07, 6.45) is 0. The van der Waals surface area contributed by atoms with Crippen LogP contribution in [-0.4, -0.2) is 11.9 Å². The second-order valence-electron chi connectivity index (χ2n) is 3.16. The lowest BCUT2D eigenvalue weighted by molar-refractivity contribution is 0.558. The summed E-state index contributed by atoms with van der Waals surface area (Å²) in [5.74, 6) is 0.627. The van der Waals surface area contributed by atoms with Crippen LogP contribution in [0.5, 0.6) is 0 Å². The molecule has 0 fully saturated rings. The Kier molecular flexibility index (Phi) is 2.33. The van der Waals surface area contributed by atoms with Gasteiger partial charge in [0.2, 0.25) is 0 Å². The topological polar surface area (TPSA) is 3.24 Å². The van der Waals surface area contributed by atoms with Crippen LogP contribution in [-0.2, 0) is 0 Å². The molecule has 0 aromatic heterocycles. The molecule has 0 aliphatic carbocycles. The van der Waals surface area contributed by atoms with Gasteiger partial charge in [-0.2, -0.15) is 0 Å². The molecule has 0 amide bonds. The standard InChI is InChI=1S/C9H15NS/c1-6(2)9-7(3)10(5)8(4)11-9/h6H,4H2,1-3,5H3. The number of nitrogens with zero attached hydrogens (tertiary/aromatic N) is 1. The van der Waals surface area contributed by atoms with E-state index in [1.165, 1.54) is 10.6 Å².